The van der Waals surface area contributed by atoms with Crippen LogP contribution in [0, 0.1) is 14.3 Å². The Balaban J connectivity index is 2.07. The van der Waals surface area contributed by atoms with Gasteiger partial charge < -0.3 is 19.7 Å². The fraction of sp³-hybridized carbons (Fsp3) is 0.0500. The van der Waals surface area contributed by atoms with Crippen LogP contribution in [0.3, 0.4) is 0 Å². The van der Waals surface area contributed by atoms with E-state index in [-0.39, 0.29) is 54.2 Å². The maximum Gasteiger partial charge on any atom is 0.341 e. The van der Waals surface area contributed by atoms with Crippen molar-refractivity contribution in [3.8, 4) is 23.0 Å². The Hall–Kier alpha value is 0.610. The summed E-state index contributed by atoms with van der Waals surface area (Å²) < 4.78 is 14.2. The third-order valence-corrected chi connectivity index (χ3v) is 12.3. The van der Waals surface area contributed by atoms with Crippen LogP contribution >= 0.6 is 137 Å². The topological polar surface area (TPSA) is 76.0 Å². The third kappa shape index (κ3) is 3.27. The maximum atomic E-state index is 13.3. The number of hydrogen-bond donors (Lipinski definition) is 2. The first kappa shape index (κ1) is 25.3. The number of hydrogen-bond acceptors (Lipinski definition) is 5. The highest BCUT2D eigenvalue weighted by molar-refractivity contribution is 14.1. The van der Waals surface area contributed by atoms with Crippen molar-refractivity contribution in [2.75, 3.05) is 0 Å². The first-order valence-corrected chi connectivity index (χ1v) is 14.5. The molecule has 0 aromatic heterocycles. The lowest BCUT2D eigenvalue weighted by molar-refractivity contribution is 0.0220. The van der Waals surface area contributed by atoms with Crippen LogP contribution in [0.4, 0.5) is 0 Å². The second-order valence-corrected chi connectivity index (χ2v) is 12.8. The average molecular weight is 974 g/mol. The Kier molecular flexibility index (Phi) is 6.57. The van der Waals surface area contributed by atoms with Gasteiger partial charge in [0.2, 0.25) is 0 Å². The van der Waals surface area contributed by atoms with Crippen LogP contribution in [0.5, 0.6) is 23.0 Å². The van der Waals surface area contributed by atoms with Crippen LogP contribution in [0.25, 0.3) is 0 Å². The Labute approximate surface area is 261 Å². The zero-order valence-electron chi connectivity index (χ0n) is 15.3. The van der Waals surface area contributed by atoms with Gasteiger partial charge in [-0.25, -0.2) is 4.79 Å². The van der Waals surface area contributed by atoms with Crippen LogP contribution in [0.2, 0.25) is 20.1 Å². The Morgan fingerprint density at radius 1 is 0.758 bits per heavy atom. The number of rotatable bonds is 0. The first-order chi connectivity index (χ1) is 15.4. The van der Waals surface area contributed by atoms with Gasteiger partial charge in [-0.05, 0) is 102 Å². The third-order valence-electron chi connectivity index (χ3n) is 5.34. The van der Waals surface area contributed by atoms with Crippen molar-refractivity contribution in [1.82, 2.24) is 0 Å². The minimum Gasteiger partial charge on any atom is -0.507 e. The van der Waals surface area contributed by atoms with Gasteiger partial charge in [0.05, 0.1) is 41.9 Å². The summed E-state index contributed by atoms with van der Waals surface area (Å²) in [5.74, 6) is -0.262. The standard InChI is InChI=1S/C20H4Cl4I4O5/c21-8-5-6(9(22)11(24)10(8)23)20(33-19(5)31)3-1-2-4(29)12(25)17(3)32-18-7(20)13(26)14(27)16(30)15(18)28/h1-2,29-30H. The predicted molar refractivity (Wildman–Crippen MR) is 159 cm³/mol. The summed E-state index contributed by atoms with van der Waals surface area (Å²) in [6.07, 6.45) is 0. The summed E-state index contributed by atoms with van der Waals surface area (Å²) in [5.41, 5.74) is -0.548. The number of fused-ring (bicyclic) bond motifs is 6. The van der Waals surface area contributed by atoms with Crippen LogP contribution in [0.15, 0.2) is 12.1 Å². The number of phenolic OH excluding ortho intramolecular Hbond substituents is 2. The van der Waals surface area contributed by atoms with E-state index in [9.17, 15) is 15.0 Å². The van der Waals surface area contributed by atoms with Crippen LogP contribution in [0.1, 0.15) is 27.0 Å². The number of carbonyl (C=O) groups is 1. The van der Waals surface area contributed by atoms with Crippen molar-refractivity contribution in [3.63, 3.8) is 0 Å². The van der Waals surface area contributed by atoms with E-state index in [0.29, 0.717) is 25.4 Å². The number of benzene rings is 3. The Bertz CT molecular complexity index is 1460. The van der Waals surface area contributed by atoms with Gasteiger partial charge in [0.15, 0.2) is 17.1 Å². The second kappa shape index (κ2) is 8.58. The van der Waals surface area contributed by atoms with E-state index in [1.54, 1.807) is 6.07 Å². The molecule has 0 radical (unpaired) electrons. The van der Waals surface area contributed by atoms with Crippen molar-refractivity contribution >= 4 is 143 Å². The predicted octanol–water partition coefficient (Wildman–Crippen LogP) is 8.70. The summed E-state index contributed by atoms with van der Waals surface area (Å²) in [7, 11) is 0. The summed E-state index contributed by atoms with van der Waals surface area (Å²) in [6, 6.07) is 3.06. The Morgan fingerprint density at radius 2 is 1.39 bits per heavy atom. The number of ether oxygens (including phenoxy) is 2. The highest BCUT2D eigenvalue weighted by Crippen LogP contribution is 2.64. The minimum absolute atomic E-state index is 0.00249. The van der Waals surface area contributed by atoms with Gasteiger partial charge in [0.1, 0.15) is 11.5 Å². The molecule has 2 heterocycles. The monoisotopic (exact) mass is 971 g/mol. The van der Waals surface area contributed by atoms with E-state index < -0.39 is 11.6 Å². The molecule has 170 valence electrons. The van der Waals surface area contributed by atoms with E-state index >= 15 is 0 Å². The van der Waals surface area contributed by atoms with E-state index in [4.69, 9.17) is 55.9 Å². The molecule has 1 spiro atoms. The number of halogens is 8. The lowest BCUT2D eigenvalue weighted by Gasteiger charge is -2.38. The van der Waals surface area contributed by atoms with Crippen LogP contribution in [-0.4, -0.2) is 16.2 Å². The van der Waals surface area contributed by atoms with Crippen molar-refractivity contribution in [3.05, 3.63) is 68.8 Å². The lowest BCUT2D eigenvalue weighted by Crippen LogP contribution is -2.35. The molecular weight excluding hydrogens is 970 g/mol. The van der Waals surface area contributed by atoms with Crippen molar-refractivity contribution in [2.24, 2.45) is 0 Å². The van der Waals surface area contributed by atoms with E-state index in [2.05, 4.69) is 22.6 Å². The van der Waals surface area contributed by atoms with Gasteiger partial charge in [-0.3, -0.25) is 0 Å². The molecule has 2 aliphatic rings. The molecule has 5 nitrogen and oxygen atoms in total. The molecule has 0 bridgehead atoms. The lowest BCUT2D eigenvalue weighted by atomic mass is 9.77. The fourth-order valence-electron chi connectivity index (χ4n) is 3.96. The molecule has 2 N–H and O–H groups in total. The smallest absolute Gasteiger partial charge is 0.341 e. The maximum absolute atomic E-state index is 13.3. The summed E-state index contributed by atoms with van der Waals surface area (Å²) in [6.45, 7) is 0. The number of carbonyl (C=O) groups excluding carboxylic acids is 1. The molecule has 3 aromatic carbocycles. The molecule has 0 aliphatic carbocycles. The number of aromatic hydroxyl groups is 2. The summed E-state index contributed by atoms with van der Waals surface area (Å²) >= 11 is 33.8. The Morgan fingerprint density at radius 3 is 2.06 bits per heavy atom. The molecule has 0 amide bonds. The van der Waals surface area contributed by atoms with Gasteiger partial charge in [0, 0.05) is 14.7 Å². The quantitative estimate of drug-likeness (QED) is 0.102. The molecule has 0 fully saturated rings. The van der Waals surface area contributed by atoms with Gasteiger partial charge in [0.25, 0.3) is 0 Å². The summed E-state index contributed by atoms with van der Waals surface area (Å²) in [5, 5.41) is 20.9. The molecular formula is C20H4Cl4I4O5. The zero-order chi connectivity index (χ0) is 24.1. The van der Waals surface area contributed by atoms with Crippen molar-refractivity contribution in [2.45, 2.75) is 5.60 Å². The number of phenols is 2. The van der Waals surface area contributed by atoms with Crippen LogP contribution in [-0.2, 0) is 10.3 Å². The molecule has 1 unspecified atom stereocenters. The molecule has 1 atom stereocenters. The highest BCUT2D eigenvalue weighted by atomic mass is 127. The number of esters is 1. The average Bonchev–Trinajstić information content (AvgIpc) is 3.08. The molecule has 5 rings (SSSR count). The minimum atomic E-state index is -1.62. The molecule has 13 heteroatoms. The normalized spacial score (nSPS) is 18.0. The van der Waals surface area contributed by atoms with Crippen molar-refractivity contribution < 1.29 is 24.5 Å². The van der Waals surface area contributed by atoms with E-state index in [1.807, 2.05) is 67.8 Å². The molecule has 3 aromatic rings. The van der Waals surface area contributed by atoms with E-state index in [0.717, 1.165) is 0 Å². The highest BCUT2D eigenvalue weighted by Gasteiger charge is 2.58. The molecule has 0 saturated carbocycles. The second-order valence-electron chi connectivity index (χ2n) is 6.95. The molecule has 33 heavy (non-hydrogen) atoms. The zero-order valence-corrected chi connectivity index (χ0v) is 27.0. The summed E-state index contributed by atoms with van der Waals surface area (Å²) in [4.78, 5) is 13.3. The SMILES string of the molecule is O=C1OC2(c3ccc(O)c(I)c3Oc3c(I)c(O)c(I)c(I)c32)c2c(Cl)c(Cl)c(Cl)c(Cl)c21. The van der Waals surface area contributed by atoms with Gasteiger partial charge in [-0.15, -0.1) is 0 Å². The van der Waals surface area contributed by atoms with Gasteiger partial charge >= 0.3 is 5.97 Å². The molecule has 0 saturated heterocycles. The van der Waals surface area contributed by atoms with Gasteiger partial charge in [-0.1, -0.05) is 46.4 Å². The fourth-order valence-corrected chi connectivity index (χ4v) is 8.19. The van der Waals surface area contributed by atoms with E-state index in [1.165, 1.54) is 6.07 Å². The van der Waals surface area contributed by atoms with Crippen LogP contribution < -0.4 is 4.74 Å². The van der Waals surface area contributed by atoms with Gasteiger partial charge in [-0.2, -0.15) is 0 Å². The van der Waals surface area contributed by atoms with Crippen molar-refractivity contribution in [1.29, 1.82) is 0 Å². The first-order valence-electron chi connectivity index (χ1n) is 8.64. The largest absolute Gasteiger partial charge is 0.507 e. The molecule has 2 aliphatic heterocycles.